The van der Waals surface area contributed by atoms with E-state index in [0.29, 0.717) is 11.3 Å². The van der Waals surface area contributed by atoms with Crippen LogP contribution in [0.15, 0.2) is 24.3 Å². The number of anilines is 1. The number of hydrogen-bond donors (Lipinski definition) is 4. The maximum atomic E-state index is 12.1. The SMILES string of the molecule is CC(C)(C)NC(=O)c1cccc(NC(=O)CNC(=O)CN)c1.Cl. The van der Waals surface area contributed by atoms with E-state index in [1.807, 2.05) is 20.8 Å². The van der Waals surface area contributed by atoms with Crippen LogP contribution in [0.2, 0.25) is 0 Å². The van der Waals surface area contributed by atoms with Crippen LogP contribution in [0.25, 0.3) is 0 Å². The molecule has 128 valence electrons. The summed E-state index contributed by atoms with van der Waals surface area (Å²) in [5.41, 5.74) is 5.71. The van der Waals surface area contributed by atoms with E-state index in [1.165, 1.54) is 0 Å². The molecule has 0 fully saturated rings. The Hall–Kier alpha value is -2.12. The van der Waals surface area contributed by atoms with Crippen molar-refractivity contribution in [3.8, 4) is 0 Å². The first kappa shape index (κ1) is 20.9. The fraction of sp³-hybridized carbons (Fsp3) is 0.400. The Morgan fingerprint density at radius 1 is 1.13 bits per heavy atom. The molecule has 0 aliphatic rings. The largest absolute Gasteiger partial charge is 0.347 e. The van der Waals surface area contributed by atoms with E-state index >= 15 is 0 Å². The van der Waals surface area contributed by atoms with Crippen LogP contribution in [-0.4, -0.2) is 36.3 Å². The molecule has 0 atom stereocenters. The van der Waals surface area contributed by atoms with E-state index in [0.717, 1.165) is 0 Å². The Morgan fingerprint density at radius 2 is 1.78 bits per heavy atom. The van der Waals surface area contributed by atoms with Gasteiger partial charge in [0.05, 0.1) is 13.1 Å². The number of nitrogens with one attached hydrogen (secondary N) is 3. The second-order valence-electron chi connectivity index (χ2n) is 5.81. The van der Waals surface area contributed by atoms with Gasteiger partial charge in [0.2, 0.25) is 11.8 Å². The van der Waals surface area contributed by atoms with Gasteiger partial charge < -0.3 is 21.7 Å². The van der Waals surface area contributed by atoms with Crippen LogP contribution in [0.1, 0.15) is 31.1 Å². The second kappa shape index (κ2) is 9.12. The van der Waals surface area contributed by atoms with Crippen LogP contribution in [0.4, 0.5) is 5.69 Å². The van der Waals surface area contributed by atoms with Crippen molar-refractivity contribution in [1.29, 1.82) is 0 Å². The first-order valence-electron chi connectivity index (χ1n) is 6.90. The summed E-state index contributed by atoms with van der Waals surface area (Å²) < 4.78 is 0. The highest BCUT2D eigenvalue weighted by molar-refractivity contribution is 5.98. The molecule has 0 aliphatic heterocycles. The average molecular weight is 343 g/mol. The van der Waals surface area contributed by atoms with Crippen molar-refractivity contribution in [2.24, 2.45) is 5.73 Å². The van der Waals surface area contributed by atoms with Crippen molar-refractivity contribution < 1.29 is 14.4 Å². The van der Waals surface area contributed by atoms with Crippen molar-refractivity contribution in [2.45, 2.75) is 26.3 Å². The van der Waals surface area contributed by atoms with Gasteiger partial charge in [-0.25, -0.2) is 0 Å². The van der Waals surface area contributed by atoms with E-state index in [1.54, 1.807) is 24.3 Å². The van der Waals surface area contributed by atoms with Crippen LogP contribution in [0.5, 0.6) is 0 Å². The summed E-state index contributed by atoms with van der Waals surface area (Å²) in [7, 11) is 0. The molecular weight excluding hydrogens is 320 g/mol. The van der Waals surface area contributed by atoms with Crippen LogP contribution in [0, 0.1) is 0 Å². The number of benzene rings is 1. The molecule has 0 saturated heterocycles. The fourth-order valence-corrected chi connectivity index (χ4v) is 1.61. The van der Waals surface area contributed by atoms with Crippen molar-refractivity contribution in [3.63, 3.8) is 0 Å². The summed E-state index contributed by atoms with van der Waals surface area (Å²) in [6.07, 6.45) is 0. The first-order chi connectivity index (χ1) is 10.2. The molecule has 0 spiro atoms. The van der Waals surface area contributed by atoms with Crippen LogP contribution >= 0.6 is 12.4 Å². The lowest BCUT2D eigenvalue weighted by molar-refractivity contribution is -0.123. The van der Waals surface area contributed by atoms with Gasteiger partial charge in [0.15, 0.2) is 0 Å². The maximum absolute atomic E-state index is 12.1. The Morgan fingerprint density at radius 3 is 2.35 bits per heavy atom. The molecule has 0 bridgehead atoms. The van der Waals surface area contributed by atoms with Crippen LogP contribution < -0.4 is 21.7 Å². The highest BCUT2D eigenvalue weighted by Gasteiger charge is 2.15. The average Bonchev–Trinajstić information content (AvgIpc) is 2.43. The minimum absolute atomic E-state index is 0. The minimum atomic E-state index is -0.409. The highest BCUT2D eigenvalue weighted by Crippen LogP contribution is 2.12. The third-order valence-electron chi connectivity index (χ3n) is 2.53. The Kier molecular flexibility index (Phi) is 8.28. The first-order valence-corrected chi connectivity index (χ1v) is 6.90. The summed E-state index contributed by atoms with van der Waals surface area (Å²) in [5, 5.41) is 7.81. The van der Waals surface area contributed by atoms with Gasteiger partial charge in [-0.15, -0.1) is 12.4 Å². The molecule has 23 heavy (non-hydrogen) atoms. The van der Waals surface area contributed by atoms with Gasteiger partial charge >= 0.3 is 0 Å². The zero-order valence-corrected chi connectivity index (χ0v) is 14.3. The topological polar surface area (TPSA) is 113 Å². The monoisotopic (exact) mass is 342 g/mol. The summed E-state index contributed by atoms with van der Waals surface area (Å²) in [4.78, 5) is 34.7. The normalized spacial score (nSPS) is 10.3. The molecule has 0 heterocycles. The van der Waals surface area contributed by atoms with Gasteiger partial charge in [-0.2, -0.15) is 0 Å². The summed E-state index contributed by atoms with van der Waals surface area (Å²) in [6, 6.07) is 6.57. The molecule has 0 aromatic heterocycles. The summed E-state index contributed by atoms with van der Waals surface area (Å²) in [6.45, 7) is 5.31. The molecule has 3 amide bonds. The summed E-state index contributed by atoms with van der Waals surface area (Å²) >= 11 is 0. The van der Waals surface area contributed by atoms with Crippen molar-refractivity contribution in [2.75, 3.05) is 18.4 Å². The number of amides is 3. The van der Waals surface area contributed by atoms with E-state index in [-0.39, 0.29) is 36.9 Å². The van der Waals surface area contributed by atoms with Crippen molar-refractivity contribution in [1.82, 2.24) is 10.6 Å². The molecule has 5 N–H and O–H groups in total. The molecule has 0 radical (unpaired) electrons. The van der Waals surface area contributed by atoms with E-state index in [2.05, 4.69) is 16.0 Å². The van der Waals surface area contributed by atoms with Gasteiger partial charge in [-0.1, -0.05) is 6.07 Å². The lowest BCUT2D eigenvalue weighted by atomic mass is 10.1. The number of hydrogen-bond acceptors (Lipinski definition) is 4. The Bertz CT molecular complexity index is 570. The van der Waals surface area contributed by atoms with Gasteiger partial charge in [0.1, 0.15) is 0 Å². The zero-order chi connectivity index (χ0) is 16.8. The third-order valence-corrected chi connectivity index (χ3v) is 2.53. The molecule has 0 unspecified atom stereocenters. The quantitative estimate of drug-likeness (QED) is 0.629. The second-order valence-corrected chi connectivity index (χ2v) is 5.81. The molecule has 0 saturated carbocycles. The van der Waals surface area contributed by atoms with Crippen LogP contribution in [-0.2, 0) is 9.59 Å². The number of nitrogens with two attached hydrogens (primary N) is 1. The predicted molar refractivity (Wildman–Crippen MR) is 91.6 cm³/mol. The lowest BCUT2D eigenvalue weighted by Gasteiger charge is -2.20. The van der Waals surface area contributed by atoms with Crippen LogP contribution in [0.3, 0.4) is 0 Å². The predicted octanol–water partition coefficient (Wildman–Crippen LogP) is 0.650. The minimum Gasteiger partial charge on any atom is -0.347 e. The van der Waals surface area contributed by atoms with E-state index in [9.17, 15) is 14.4 Å². The maximum Gasteiger partial charge on any atom is 0.251 e. The molecule has 1 rings (SSSR count). The molecular formula is C15H23ClN4O3. The van der Waals surface area contributed by atoms with Gasteiger partial charge in [0, 0.05) is 16.8 Å². The highest BCUT2D eigenvalue weighted by atomic mass is 35.5. The Labute approximate surface area is 141 Å². The van der Waals surface area contributed by atoms with E-state index < -0.39 is 11.8 Å². The molecule has 7 nitrogen and oxygen atoms in total. The van der Waals surface area contributed by atoms with E-state index in [4.69, 9.17) is 5.73 Å². The fourth-order valence-electron chi connectivity index (χ4n) is 1.61. The molecule has 8 heteroatoms. The number of rotatable bonds is 5. The standard InChI is InChI=1S/C15H22N4O3.ClH/c1-15(2,3)19-14(22)10-5-4-6-11(7-10)18-13(21)9-17-12(20)8-16;/h4-7H,8-9,16H2,1-3H3,(H,17,20)(H,18,21)(H,19,22);1H. The lowest BCUT2D eigenvalue weighted by Crippen LogP contribution is -2.40. The molecule has 1 aromatic carbocycles. The zero-order valence-electron chi connectivity index (χ0n) is 13.4. The van der Waals surface area contributed by atoms with Gasteiger partial charge in [0.25, 0.3) is 5.91 Å². The third kappa shape index (κ3) is 8.18. The number of halogens is 1. The number of carbonyl (C=O) groups is 3. The molecule has 1 aromatic rings. The number of carbonyl (C=O) groups excluding carboxylic acids is 3. The van der Waals surface area contributed by atoms with Gasteiger partial charge in [-0.05, 0) is 39.0 Å². The molecule has 0 aliphatic carbocycles. The summed E-state index contributed by atoms with van der Waals surface area (Å²) in [5.74, 6) is -1.02. The Balaban J connectivity index is 0.00000484. The van der Waals surface area contributed by atoms with Gasteiger partial charge in [-0.3, -0.25) is 14.4 Å². The smallest absolute Gasteiger partial charge is 0.251 e. The van der Waals surface area contributed by atoms with Crippen molar-refractivity contribution >= 4 is 35.8 Å². The van der Waals surface area contributed by atoms with Crippen molar-refractivity contribution in [3.05, 3.63) is 29.8 Å².